The number of carbonyl (C=O) groups excluding carboxylic acids is 1. The van der Waals surface area contributed by atoms with Gasteiger partial charge in [0.25, 0.3) is 0 Å². The molecule has 4 heterocycles. The summed E-state index contributed by atoms with van der Waals surface area (Å²) in [4.78, 5) is 16.0. The molecule has 1 aromatic heterocycles. The van der Waals surface area contributed by atoms with Crippen LogP contribution in [-0.2, 0) is 16.0 Å². The monoisotopic (exact) mass is 420 g/mol. The number of anilines is 1. The predicted octanol–water partition coefficient (Wildman–Crippen LogP) is 2.30. The van der Waals surface area contributed by atoms with Gasteiger partial charge in [0.05, 0.1) is 32.0 Å². The van der Waals surface area contributed by atoms with Crippen molar-refractivity contribution in [1.29, 1.82) is 5.41 Å². The maximum atomic E-state index is 12.1. The SMILES string of the molecule is CC(=O)N1CCC(NC2COC2)=C(C(=N)N2CCCc3cc(-c4cn[nH]c4)ccc32)C1. The normalized spacial score (nSPS) is 19.1. The summed E-state index contributed by atoms with van der Waals surface area (Å²) in [7, 11) is 0. The molecule has 1 fully saturated rings. The lowest BCUT2D eigenvalue weighted by atomic mass is 9.95. The van der Waals surface area contributed by atoms with Crippen LogP contribution in [0.3, 0.4) is 0 Å². The average molecular weight is 421 g/mol. The third-order valence-corrected chi connectivity index (χ3v) is 6.39. The number of fused-ring (bicyclic) bond motifs is 1. The van der Waals surface area contributed by atoms with Crippen LogP contribution in [0.5, 0.6) is 0 Å². The van der Waals surface area contributed by atoms with Gasteiger partial charge in [0.2, 0.25) is 5.91 Å². The summed E-state index contributed by atoms with van der Waals surface area (Å²) >= 11 is 0. The lowest BCUT2D eigenvalue weighted by Gasteiger charge is -2.38. The molecule has 0 spiro atoms. The van der Waals surface area contributed by atoms with Crippen molar-refractivity contribution < 1.29 is 9.53 Å². The van der Waals surface area contributed by atoms with Gasteiger partial charge in [-0.2, -0.15) is 5.10 Å². The molecule has 1 amide bonds. The fourth-order valence-electron chi connectivity index (χ4n) is 4.55. The summed E-state index contributed by atoms with van der Waals surface area (Å²) in [6.45, 7) is 4.97. The highest BCUT2D eigenvalue weighted by atomic mass is 16.5. The van der Waals surface area contributed by atoms with Crippen molar-refractivity contribution in [2.45, 2.75) is 32.2 Å². The minimum Gasteiger partial charge on any atom is -0.381 e. The Bertz CT molecular complexity index is 1020. The molecule has 0 aliphatic carbocycles. The first kappa shape index (κ1) is 19.8. The Morgan fingerprint density at radius 2 is 2.13 bits per heavy atom. The van der Waals surface area contributed by atoms with Gasteiger partial charge >= 0.3 is 0 Å². The van der Waals surface area contributed by atoms with Crippen molar-refractivity contribution in [3.8, 4) is 11.1 Å². The number of hydrogen-bond acceptors (Lipinski definition) is 5. The third kappa shape index (κ3) is 3.83. The van der Waals surface area contributed by atoms with Gasteiger partial charge < -0.3 is 19.9 Å². The molecule has 0 saturated carbocycles. The van der Waals surface area contributed by atoms with E-state index in [4.69, 9.17) is 10.1 Å². The molecule has 2 aromatic rings. The van der Waals surface area contributed by atoms with Crippen LogP contribution in [0.15, 0.2) is 41.9 Å². The van der Waals surface area contributed by atoms with E-state index in [2.05, 4.69) is 38.6 Å². The smallest absolute Gasteiger partial charge is 0.219 e. The van der Waals surface area contributed by atoms with E-state index >= 15 is 0 Å². The van der Waals surface area contributed by atoms with Crippen LogP contribution in [0.2, 0.25) is 0 Å². The standard InChI is InChI=1S/C23H28N6O2/c1-15(30)28-8-6-21(27-19-13-31-14-19)20(12-28)23(24)29-7-2-3-17-9-16(4-5-22(17)29)18-10-25-26-11-18/h4-5,9-11,19,24,27H,2-3,6-8,12-14H2,1H3,(H,25,26). The van der Waals surface area contributed by atoms with E-state index in [1.165, 1.54) is 5.56 Å². The van der Waals surface area contributed by atoms with Crippen LogP contribution in [0.25, 0.3) is 11.1 Å². The summed E-state index contributed by atoms with van der Waals surface area (Å²) in [5.74, 6) is 0.547. The Kier molecular flexibility index (Phi) is 5.23. The number of carbonyl (C=O) groups is 1. The number of aromatic amines is 1. The first-order valence-electron chi connectivity index (χ1n) is 10.9. The number of rotatable bonds is 4. The molecule has 0 unspecified atom stereocenters. The minimum atomic E-state index is 0.0557. The van der Waals surface area contributed by atoms with Gasteiger partial charge in [0.1, 0.15) is 5.84 Å². The van der Waals surface area contributed by atoms with E-state index in [1.54, 1.807) is 6.92 Å². The van der Waals surface area contributed by atoms with Gasteiger partial charge in [-0.15, -0.1) is 0 Å². The van der Waals surface area contributed by atoms with Crippen molar-refractivity contribution in [2.24, 2.45) is 0 Å². The second kappa shape index (κ2) is 8.19. The third-order valence-electron chi connectivity index (χ3n) is 6.39. The number of aryl methyl sites for hydroxylation is 1. The Morgan fingerprint density at radius 1 is 1.26 bits per heavy atom. The van der Waals surface area contributed by atoms with Crippen LogP contribution in [-0.4, -0.2) is 65.7 Å². The number of nitrogens with one attached hydrogen (secondary N) is 3. The summed E-state index contributed by atoms with van der Waals surface area (Å²) in [6.07, 6.45) is 6.46. The van der Waals surface area contributed by atoms with Crippen LogP contribution in [0, 0.1) is 5.41 Å². The molecule has 31 heavy (non-hydrogen) atoms. The molecule has 3 N–H and O–H groups in total. The number of amidine groups is 1. The van der Waals surface area contributed by atoms with E-state index in [0.29, 0.717) is 38.2 Å². The quantitative estimate of drug-likeness (QED) is 0.521. The zero-order valence-corrected chi connectivity index (χ0v) is 17.8. The average Bonchev–Trinajstić information content (AvgIpc) is 3.30. The van der Waals surface area contributed by atoms with E-state index in [-0.39, 0.29) is 5.91 Å². The lowest BCUT2D eigenvalue weighted by Crippen LogP contribution is -2.50. The number of benzene rings is 1. The molecule has 162 valence electrons. The summed E-state index contributed by atoms with van der Waals surface area (Å²) < 4.78 is 5.32. The van der Waals surface area contributed by atoms with Crippen LogP contribution < -0.4 is 10.2 Å². The second-order valence-electron chi connectivity index (χ2n) is 8.46. The number of nitrogens with zero attached hydrogens (tertiary/aromatic N) is 3. The topological polar surface area (TPSA) is 97.3 Å². The highest BCUT2D eigenvalue weighted by Crippen LogP contribution is 2.33. The Balaban J connectivity index is 1.46. The molecule has 0 atom stereocenters. The van der Waals surface area contributed by atoms with Crippen LogP contribution in [0.4, 0.5) is 5.69 Å². The Labute approximate surface area is 181 Å². The van der Waals surface area contributed by atoms with Gasteiger partial charge in [0, 0.05) is 55.2 Å². The number of ether oxygens (including phenoxy) is 1. The van der Waals surface area contributed by atoms with E-state index in [0.717, 1.165) is 53.9 Å². The molecule has 1 saturated heterocycles. The Morgan fingerprint density at radius 3 is 2.84 bits per heavy atom. The van der Waals surface area contributed by atoms with Crippen LogP contribution in [0.1, 0.15) is 25.3 Å². The molecular formula is C23H28N6O2. The summed E-state index contributed by atoms with van der Waals surface area (Å²) in [5, 5.41) is 19.6. The van der Waals surface area contributed by atoms with Crippen molar-refractivity contribution >= 4 is 17.4 Å². The van der Waals surface area contributed by atoms with Gasteiger partial charge in [-0.05, 0) is 36.1 Å². The molecule has 5 rings (SSSR count). The number of aromatic nitrogens is 2. The van der Waals surface area contributed by atoms with E-state index in [9.17, 15) is 4.79 Å². The fraction of sp³-hybridized carbons (Fsp3) is 0.435. The predicted molar refractivity (Wildman–Crippen MR) is 119 cm³/mol. The minimum absolute atomic E-state index is 0.0557. The summed E-state index contributed by atoms with van der Waals surface area (Å²) in [6, 6.07) is 6.72. The molecule has 8 heteroatoms. The van der Waals surface area contributed by atoms with Gasteiger partial charge in [-0.1, -0.05) is 6.07 Å². The van der Waals surface area contributed by atoms with Crippen molar-refractivity contribution in [3.63, 3.8) is 0 Å². The molecule has 0 bridgehead atoms. The van der Waals surface area contributed by atoms with E-state index < -0.39 is 0 Å². The number of amides is 1. The van der Waals surface area contributed by atoms with Crippen LogP contribution >= 0.6 is 0 Å². The van der Waals surface area contributed by atoms with Gasteiger partial charge in [-0.3, -0.25) is 15.3 Å². The molecule has 3 aliphatic heterocycles. The van der Waals surface area contributed by atoms with E-state index in [1.807, 2.05) is 17.3 Å². The van der Waals surface area contributed by atoms with Gasteiger partial charge in [-0.25, -0.2) is 0 Å². The zero-order chi connectivity index (χ0) is 21.4. The first-order valence-corrected chi connectivity index (χ1v) is 10.9. The second-order valence-corrected chi connectivity index (χ2v) is 8.46. The molecular weight excluding hydrogens is 392 g/mol. The summed E-state index contributed by atoms with van der Waals surface area (Å²) in [5.41, 5.74) is 6.53. The highest BCUT2D eigenvalue weighted by Gasteiger charge is 2.30. The zero-order valence-electron chi connectivity index (χ0n) is 17.8. The van der Waals surface area contributed by atoms with Crippen molar-refractivity contribution in [2.75, 3.05) is 37.7 Å². The Hall–Kier alpha value is -3.13. The largest absolute Gasteiger partial charge is 0.381 e. The molecule has 0 radical (unpaired) electrons. The van der Waals surface area contributed by atoms with Crippen molar-refractivity contribution in [1.82, 2.24) is 20.4 Å². The first-order chi connectivity index (χ1) is 15.1. The molecule has 3 aliphatic rings. The highest BCUT2D eigenvalue weighted by molar-refractivity contribution is 6.09. The van der Waals surface area contributed by atoms with Gasteiger partial charge in [0.15, 0.2) is 0 Å². The molecule has 8 nitrogen and oxygen atoms in total. The maximum Gasteiger partial charge on any atom is 0.219 e. The van der Waals surface area contributed by atoms with Crippen molar-refractivity contribution in [3.05, 3.63) is 47.4 Å². The number of hydrogen-bond donors (Lipinski definition) is 3. The lowest BCUT2D eigenvalue weighted by molar-refractivity contribution is -0.128. The number of H-pyrrole nitrogens is 1. The molecule has 1 aromatic carbocycles. The fourth-order valence-corrected chi connectivity index (χ4v) is 4.55. The maximum absolute atomic E-state index is 12.1.